The number of hydrogen-bond acceptors (Lipinski definition) is 12. The molecule has 15 nitrogen and oxygen atoms in total. The van der Waals surface area contributed by atoms with Crippen molar-refractivity contribution in [1.29, 1.82) is 5.26 Å². The Labute approximate surface area is 281 Å². The molecule has 49 heavy (non-hydrogen) atoms. The molecule has 5 aromatic rings. The maximum absolute atomic E-state index is 13.7. The number of nitriles is 1. The van der Waals surface area contributed by atoms with Crippen LogP contribution in [0.5, 0.6) is 11.5 Å². The van der Waals surface area contributed by atoms with Gasteiger partial charge in [0, 0.05) is 56.8 Å². The topological polar surface area (TPSA) is 174 Å². The Kier molecular flexibility index (Phi) is 9.20. The van der Waals surface area contributed by atoms with Crippen molar-refractivity contribution in [3.8, 4) is 34.5 Å². The summed E-state index contributed by atoms with van der Waals surface area (Å²) in [6.07, 6.45) is 9.21. The lowest BCUT2D eigenvalue weighted by Crippen LogP contribution is -2.41. The van der Waals surface area contributed by atoms with Gasteiger partial charge >= 0.3 is 5.97 Å². The van der Waals surface area contributed by atoms with Gasteiger partial charge in [-0.1, -0.05) is 0 Å². The molecule has 0 atom stereocenters. The maximum atomic E-state index is 13.7. The Hall–Kier alpha value is -5.75. The van der Waals surface area contributed by atoms with Crippen LogP contribution < -0.4 is 20.1 Å². The van der Waals surface area contributed by atoms with Crippen molar-refractivity contribution in [3.05, 3.63) is 54.7 Å². The fraction of sp³-hybridized carbons (Fsp3) is 0.382. The van der Waals surface area contributed by atoms with Crippen molar-refractivity contribution in [1.82, 2.24) is 39.6 Å². The minimum absolute atomic E-state index is 0.140. The third-order valence-electron chi connectivity index (χ3n) is 8.83. The summed E-state index contributed by atoms with van der Waals surface area (Å²) < 4.78 is 20.4. The van der Waals surface area contributed by atoms with Gasteiger partial charge in [-0.3, -0.25) is 14.6 Å². The highest BCUT2D eigenvalue weighted by Crippen LogP contribution is 2.38. The molecule has 1 saturated heterocycles. The third-order valence-corrected chi connectivity index (χ3v) is 8.83. The summed E-state index contributed by atoms with van der Waals surface area (Å²) in [6.45, 7) is 3.97. The molecule has 0 radical (unpaired) electrons. The number of nitrogens with zero attached hydrogens (tertiary/aromatic N) is 8. The van der Waals surface area contributed by atoms with Gasteiger partial charge in [0.1, 0.15) is 23.8 Å². The average molecular weight is 665 g/mol. The Morgan fingerprint density at radius 2 is 2.06 bits per heavy atom. The SMILES string of the molecule is COc1cc2c(cc1-n1nc(C(=O)NCCN3CCC(C(=O)OCCCC#N)CC3)c3cnc(-c4cnn5cccnc45)cc31)OCCN2. The fourth-order valence-electron chi connectivity index (χ4n) is 6.24. The number of pyridine rings is 1. The van der Waals surface area contributed by atoms with Crippen molar-refractivity contribution in [2.45, 2.75) is 25.7 Å². The molecule has 6 heterocycles. The van der Waals surface area contributed by atoms with Gasteiger partial charge in [0.05, 0.1) is 59.7 Å². The lowest BCUT2D eigenvalue weighted by atomic mass is 9.97. The largest absolute Gasteiger partial charge is 0.494 e. The number of piperidine rings is 1. The van der Waals surface area contributed by atoms with Crippen LogP contribution in [0.15, 0.2) is 49.1 Å². The Morgan fingerprint density at radius 1 is 1.18 bits per heavy atom. The molecule has 0 spiro atoms. The lowest BCUT2D eigenvalue weighted by Gasteiger charge is -2.30. The number of esters is 1. The molecule has 2 aliphatic rings. The van der Waals surface area contributed by atoms with Gasteiger partial charge in [-0.25, -0.2) is 14.2 Å². The quantitative estimate of drug-likeness (QED) is 0.156. The summed E-state index contributed by atoms with van der Waals surface area (Å²) in [5.41, 5.74) is 4.31. The van der Waals surface area contributed by atoms with E-state index in [4.69, 9.17) is 29.6 Å². The number of unbranched alkanes of at least 4 members (excludes halogenated alkanes) is 1. The molecule has 7 rings (SSSR count). The van der Waals surface area contributed by atoms with Crippen molar-refractivity contribution in [2.24, 2.45) is 5.92 Å². The standard InChI is InChI=1S/C34H36N10O5/c1-47-30-18-26-29(48-16-10-36-26)19-28(30)44-27-17-25(23-21-40-43-11-4-8-37-32(23)43)39-20-24(27)31(41-44)33(45)38-9-14-42-12-5-22(6-13-42)34(46)49-15-3-2-7-35/h4,8,11,17-22,36H,2-3,5-6,9-10,12-16H2,1H3,(H,38,45). The van der Waals surface area contributed by atoms with Crippen LogP contribution in [0.3, 0.4) is 0 Å². The number of carbonyl (C=O) groups excluding carboxylic acids is 2. The van der Waals surface area contributed by atoms with Gasteiger partial charge in [0.25, 0.3) is 5.91 Å². The van der Waals surface area contributed by atoms with E-state index in [1.807, 2.05) is 24.4 Å². The summed E-state index contributed by atoms with van der Waals surface area (Å²) in [5.74, 6) is 0.550. The third kappa shape index (κ3) is 6.55. The van der Waals surface area contributed by atoms with Crippen LogP contribution in [0.2, 0.25) is 0 Å². The van der Waals surface area contributed by atoms with Gasteiger partial charge < -0.3 is 29.7 Å². The van der Waals surface area contributed by atoms with E-state index >= 15 is 0 Å². The average Bonchev–Trinajstić information content (AvgIpc) is 3.75. The van der Waals surface area contributed by atoms with Crippen molar-refractivity contribution >= 4 is 34.1 Å². The highest BCUT2D eigenvalue weighted by molar-refractivity contribution is 6.05. The molecule has 252 valence electrons. The molecule has 0 saturated carbocycles. The zero-order chi connectivity index (χ0) is 33.7. The van der Waals surface area contributed by atoms with E-state index in [0.717, 1.165) is 24.3 Å². The van der Waals surface area contributed by atoms with Crippen LogP contribution in [-0.4, -0.2) is 99.2 Å². The number of anilines is 1. The number of benzene rings is 1. The Bertz CT molecular complexity index is 2040. The molecule has 2 aliphatic heterocycles. The van der Waals surface area contributed by atoms with E-state index in [1.165, 1.54) is 0 Å². The molecule has 1 fully saturated rings. The zero-order valence-electron chi connectivity index (χ0n) is 27.1. The fourth-order valence-corrected chi connectivity index (χ4v) is 6.24. The number of carbonyl (C=O) groups is 2. The van der Waals surface area contributed by atoms with Crippen LogP contribution in [0.1, 0.15) is 36.2 Å². The van der Waals surface area contributed by atoms with Crippen LogP contribution in [0.25, 0.3) is 33.5 Å². The van der Waals surface area contributed by atoms with Gasteiger partial charge in [-0.05, 0) is 44.5 Å². The number of hydrogen-bond donors (Lipinski definition) is 2. The van der Waals surface area contributed by atoms with E-state index in [9.17, 15) is 9.59 Å². The van der Waals surface area contributed by atoms with Crippen LogP contribution in [0.4, 0.5) is 5.69 Å². The van der Waals surface area contributed by atoms with Gasteiger partial charge in [-0.15, -0.1) is 0 Å². The summed E-state index contributed by atoms with van der Waals surface area (Å²) in [5, 5.41) is 24.8. The summed E-state index contributed by atoms with van der Waals surface area (Å²) >= 11 is 0. The van der Waals surface area contributed by atoms with E-state index in [0.29, 0.717) is 91.4 Å². The molecule has 0 bridgehead atoms. The smallest absolute Gasteiger partial charge is 0.309 e. The van der Waals surface area contributed by atoms with E-state index in [-0.39, 0.29) is 30.1 Å². The second-order valence-corrected chi connectivity index (χ2v) is 11.9. The molecule has 1 amide bonds. The summed E-state index contributed by atoms with van der Waals surface area (Å²) in [6, 6.07) is 9.46. The van der Waals surface area contributed by atoms with Gasteiger partial charge in [0.15, 0.2) is 11.3 Å². The first-order valence-corrected chi connectivity index (χ1v) is 16.3. The molecule has 0 unspecified atom stereocenters. The number of likely N-dealkylation sites (tertiary alicyclic amines) is 1. The predicted molar refractivity (Wildman–Crippen MR) is 179 cm³/mol. The molecule has 15 heteroatoms. The second-order valence-electron chi connectivity index (χ2n) is 11.9. The highest BCUT2D eigenvalue weighted by Gasteiger charge is 2.27. The monoisotopic (exact) mass is 664 g/mol. The first-order valence-electron chi connectivity index (χ1n) is 16.3. The number of aromatic nitrogens is 6. The van der Waals surface area contributed by atoms with Crippen molar-refractivity contribution < 1.29 is 23.8 Å². The van der Waals surface area contributed by atoms with E-state index in [2.05, 4.69) is 31.7 Å². The number of ether oxygens (including phenoxy) is 3. The van der Waals surface area contributed by atoms with Crippen LogP contribution in [-0.2, 0) is 9.53 Å². The van der Waals surface area contributed by atoms with Gasteiger partial charge in [-0.2, -0.15) is 15.5 Å². The Morgan fingerprint density at radius 3 is 2.90 bits per heavy atom. The number of rotatable bonds is 11. The highest BCUT2D eigenvalue weighted by atomic mass is 16.5. The molecular formula is C34H36N10O5. The molecule has 1 aromatic carbocycles. The minimum atomic E-state index is -0.332. The Balaban J connectivity index is 1.12. The van der Waals surface area contributed by atoms with Crippen molar-refractivity contribution in [2.75, 3.05) is 58.4 Å². The first kappa shape index (κ1) is 31.8. The summed E-state index contributed by atoms with van der Waals surface area (Å²) in [7, 11) is 1.59. The van der Waals surface area contributed by atoms with E-state index in [1.54, 1.807) is 41.0 Å². The normalized spacial score (nSPS) is 14.9. The maximum Gasteiger partial charge on any atom is 0.309 e. The van der Waals surface area contributed by atoms with Crippen LogP contribution >= 0.6 is 0 Å². The number of fused-ring (bicyclic) bond motifs is 3. The predicted octanol–water partition coefficient (Wildman–Crippen LogP) is 3.23. The minimum Gasteiger partial charge on any atom is -0.494 e. The number of methoxy groups -OCH3 is 1. The number of nitrogens with one attached hydrogen (secondary N) is 2. The lowest BCUT2D eigenvalue weighted by molar-refractivity contribution is -0.150. The molecule has 4 aromatic heterocycles. The van der Waals surface area contributed by atoms with Crippen molar-refractivity contribution in [3.63, 3.8) is 0 Å². The van der Waals surface area contributed by atoms with Crippen LogP contribution in [0, 0.1) is 17.2 Å². The number of amides is 1. The molecular weight excluding hydrogens is 628 g/mol. The zero-order valence-corrected chi connectivity index (χ0v) is 27.1. The second kappa shape index (κ2) is 14.2. The van der Waals surface area contributed by atoms with E-state index < -0.39 is 0 Å². The molecule has 0 aliphatic carbocycles. The summed E-state index contributed by atoms with van der Waals surface area (Å²) in [4.78, 5) is 37.5. The molecule has 2 N–H and O–H groups in total. The van der Waals surface area contributed by atoms with Gasteiger partial charge in [0.2, 0.25) is 0 Å². The first-order chi connectivity index (χ1) is 24.0.